The van der Waals surface area contributed by atoms with Crippen LogP contribution in [0.5, 0.6) is 0 Å². The van der Waals surface area contributed by atoms with Gasteiger partial charge < -0.3 is 5.32 Å². The van der Waals surface area contributed by atoms with Crippen LogP contribution in [-0.2, 0) is 0 Å². The number of amides is 1. The summed E-state index contributed by atoms with van der Waals surface area (Å²) in [5.74, 6) is 0.0695. The van der Waals surface area contributed by atoms with Crippen molar-refractivity contribution in [3.8, 4) is 0 Å². The van der Waals surface area contributed by atoms with E-state index in [1.54, 1.807) is 11.3 Å². The van der Waals surface area contributed by atoms with E-state index in [2.05, 4.69) is 21.2 Å². The van der Waals surface area contributed by atoms with Gasteiger partial charge in [0.2, 0.25) is 0 Å². The fourth-order valence-corrected chi connectivity index (χ4v) is 2.77. The molecule has 0 radical (unpaired) electrons. The van der Waals surface area contributed by atoms with Crippen molar-refractivity contribution in [1.82, 2.24) is 5.32 Å². The van der Waals surface area contributed by atoms with E-state index in [9.17, 15) is 4.79 Å². The van der Waals surface area contributed by atoms with Gasteiger partial charge in [0.05, 0.1) is 10.4 Å². The first-order valence-electron chi connectivity index (χ1n) is 4.60. The molecule has 1 heterocycles. The van der Waals surface area contributed by atoms with Gasteiger partial charge in [0.15, 0.2) is 0 Å². The van der Waals surface area contributed by atoms with Crippen LogP contribution in [0.2, 0.25) is 0 Å². The summed E-state index contributed by atoms with van der Waals surface area (Å²) in [6.45, 7) is 2.01. The van der Waals surface area contributed by atoms with Crippen LogP contribution in [0, 0.1) is 6.92 Å². The molecule has 1 aliphatic rings. The Balaban J connectivity index is 2.03. The zero-order valence-electron chi connectivity index (χ0n) is 7.97. The summed E-state index contributed by atoms with van der Waals surface area (Å²) in [5.41, 5.74) is 0.0506. The highest BCUT2D eigenvalue weighted by Gasteiger charge is 2.43. The maximum absolute atomic E-state index is 11.8. The lowest BCUT2D eigenvalue weighted by Crippen LogP contribution is -2.37. The van der Waals surface area contributed by atoms with Crippen molar-refractivity contribution in [3.63, 3.8) is 0 Å². The highest BCUT2D eigenvalue weighted by molar-refractivity contribution is 9.09. The van der Waals surface area contributed by atoms with E-state index in [-0.39, 0.29) is 11.4 Å². The van der Waals surface area contributed by atoms with E-state index in [1.165, 1.54) is 4.88 Å². The van der Waals surface area contributed by atoms with Crippen molar-refractivity contribution >= 4 is 33.2 Å². The molecular formula is C10H12BrNOS. The number of thiophene rings is 1. The van der Waals surface area contributed by atoms with Crippen LogP contribution in [0.15, 0.2) is 12.1 Å². The molecule has 0 atom stereocenters. The summed E-state index contributed by atoms with van der Waals surface area (Å²) in [4.78, 5) is 13.7. The third kappa shape index (κ3) is 2.01. The predicted molar refractivity (Wildman–Crippen MR) is 62.3 cm³/mol. The van der Waals surface area contributed by atoms with Crippen molar-refractivity contribution in [3.05, 3.63) is 21.9 Å². The first kappa shape index (κ1) is 10.2. The summed E-state index contributed by atoms with van der Waals surface area (Å²) in [5, 5.41) is 3.93. The normalized spacial score (nSPS) is 17.9. The molecule has 2 rings (SSSR count). The molecule has 0 aliphatic heterocycles. The number of alkyl halides is 1. The van der Waals surface area contributed by atoms with E-state index in [0.29, 0.717) is 0 Å². The first-order valence-corrected chi connectivity index (χ1v) is 6.54. The Morgan fingerprint density at radius 1 is 1.64 bits per heavy atom. The molecule has 0 unspecified atom stereocenters. The van der Waals surface area contributed by atoms with Gasteiger partial charge in [-0.1, -0.05) is 15.9 Å². The molecule has 1 fully saturated rings. The zero-order valence-corrected chi connectivity index (χ0v) is 10.4. The molecule has 1 saturated carbocycles. The minimum absolute atomic E-state index is 0.0506. The lowest BCUT2D eigenvalue weighted by Gasteiger charge is -2.12. The van der Waals surface area contributed by atoms with Crippen molar-refractivity contribution in [2.24, 2.45) is 0 Å². The van der Waals surface area contributed by atoms with Gasteiger partial charge in [0.1, 0.15) is 0 Å². The van der Waals surface area contributed by atoms with Gasteiger partial charge in [0.25, 0.3) is 5.91 Å². The van der Waals surface area contributed by atoms with Gasteiger partial charge in [0, 0.05) is 10.2 Å². The predicted octanol–water partition coefficient (Wildman–Crippen LogP) is 2.71. The average Bonchev–Trinajstić information content (AvgIpc) is 2.80. The highest BCUT2D eigenvalue weighted by atomic mass is 79.9. The second-order valence-corrected chi connectivity index (χ2v) is 5.63. The molecule has 0 spiro atoms. The minimum atomic E-state index is 0.0506. The van der Waals surface area contributed by atoms with Gasteiger partial charge in [-0.25, -0.2) is 0 Å². The average molecular weight is 274 g/mol. The number of halogens is 1. The van der Waals surface area contributed by atoms with Crippen LogP contribution in [0.4, 0.5) is 0 Å². The standard InChI is InChI=1S/C10H12BrNOS/c1-7-2-3-8(14-7)9(13)12-10(6-11)4-5-10/h2-3H,4-6H2,1H3,(H,12,13). The van der Waals surface area contributed by atoms with E-state index in [0.717, 1.165) is 23.0 Å². The molecule has 1 amide bonds. The van der Waals surface area contributed by atoms with Gasteiger partial charge in [-0.3, -0.25) is 4.79 Å². The summed E-state index contributed by atoms with van der Waals surface area (Å²) in [6, 6.07) is 3.87. The molecule has 1 aliphatic carbocycles. The molecule has 0 saturated heterocycles. The second-order valence-electron chi connectivity index (χ2n) is 3.78. The molecule has 1 N–H and O–H groups in total. The Labute approximate surface area is 95.8 Å². The maximum Gasteiger partial charge on any atom is 0.261 e. The lowest BCUT2D eigenvalue weighted by atomic mass is 10.3. The van der Waals surface area contributed by atoms with Crippen LogP contribution in [-0.4, -0.2) is 16.8 Å². The summed E-state index contributed by atoms with van der Waals surface area (Å²) in [6.07, 6.45) is 2.18. The Morgan fingerprint density at radius 3 is 2.79 bits per heavy atom. The SMILES string of the molecule is Cc1ccc(C(=O)NC2(CBr)CC2)s1. The highest BCUT2D eigenvalue weighted by Crippen LogP contribution is 2.37. The van der Waals surface area contributed by atoms with Crippen molar-refractivity contribution in [2.75, 3.05) is 5.33 Å². The van der Waals surface area contributed by atoms with E-state index in [4.69, 9.17) is 0 Å². The molecule has 76 valence electrons. The molecule has 14 heavy (non-hydrogen) atoms. The fourth-order valence-electron chi connectivity index (χ4n) is 1.30. The Morgan fingerprint density at radius 2 is 2.36 bits per heavy atom. The van der Waals surface area contributed by atoms with Gasteiger partial charge in [-0.2, -0.15) is 0 Å². The number of aryl methyl sites for hydroxylation is 1. The molecule has 0 aromatic carbocycles. The summed E-state index contributed by atoms with van der Waals surface area (Å²) in [7, 11) is 0. The van der Waals surface area contributed by atoms with E-state index < -0.39 is 0 Å². The maximum atomic E-state index is 11.8. The van der Waals surface area contributed by atoms with Crippen molar-refractivity contribution in [2.45, 2.75) is 25.3 Å². The molecule has 0 bridgehead atoms. The van der Waals surface area contributed by atoms with Crippen molar-refractivity contribution < 1.29 is 4.79 Å². The minimum Gasteiger partial charge on any atom is -0.345 e. The van der Waals surface area contributed by atoms with Gasteiger partial charge in [-0.15, -0.1) is 11.3 Å². The number of carbonyl (C=O) groups excluding carboxylic acids is 1. The van der Waals surface area contributed by atoms with Crippen LogP contribution < -0.4 is 5.32 Å². The molecular weight excluding hydrogens is 262 g/mol. The van der Waals surface area contributed by atoms with Crippen LogP contribution in [0.25, 0.3) is 0 Å². The van der Waals surface area contributed by atoms with Gasteiger partial charge in [-0.05, 0) is 31.9 Å². The summed E-state index contributed by atoms with van der Waals surface area (Å²) < 4.78 is 0. The molecule has 1 aromatic heterocycles. The number of nitrogens with one attached hydrogen (secondary N) is 1. The fraction of sp³-hybridized carbons (Fsp3) is 0.500. The monoisotopic (exact) mass is 273 g/mol. The Kier molecular flexibility index (Phi) is 2.66. The topological polar surface area (TPSA) is 29.1 Å². The third-order valence-electron chi connectivity index (χ3n) is 2.45. The van der Waals surface area contributed by atoms with Crippen LogP contribution in [0.3, 0.4) is 0 Å². The van der Waals surface area contributed by atoms with Crippen molar-refractivity contribution in [1.29, 1.82) is 0 Å². The quantitative estimate of drug-likeness (QED) is 0.844. The molecule has 1 aromatic rings. The second kappa shape index (κ2) is 3.66. The zero-order chi connectivity index (χ0) is 10.2. The first-order chi connectivity index (χ1) is 6.65. The smallest absolute Gasteiger partial charge is 0.261 e. The van der Waals surface area contributed by atoms with E-state index >= 15 is 0 Å². The Bertz CT molecular complexity index is 357. The van der Waals surface area contributed by atoms with Crippen LogP contribution >= 0.6 is 27.3 Å². The van der Waals surface area contributed by atoms with E-state index in [1.807, 2.05) is 19.1 Å². The molecule has 4 heteroatoms. The largest absolute Gasteiger partial charge is 0.345 e. The molecule has 2 nitrogen and oxygen atoms in total. The Hall–Kier alpha value is -0.350. The lowest BCUT2D eigenvalue weighted by molar-refractivity contribution is 0.0940. The number of hydrogen-bond acceptors (Lipinski definition) is 2. The number of hydrogen-bond donors (Lipinski definition) is 1. The van der Waals surface area contributed by atoms with Crippen LogP contribution in [0.1, 0.15) is 27.4 Å². The summed E-state index contributed by atoms with van der Waals surface area (Å²) >= 11 is 4.98. The number of rotatable bonds is 3. The number of carbonyl (C=O) groups is 1. The van der Waals surface area contributed by atoms with Gasteiger partial charge >= 0.3 is 0 Å². The third-order valence-corrected chi connectivity index (χ3v) is 4.53.